The van der Waals surface area contributed by atoms with Gasteiger partial charge in [0.25, 0.3) is 0 Å². The van der Waals surface area contributed by atoms with E-state index in [4.69, 9.17) is 9.47 Å². The Labute approximate surface area is 189 Å². The number of nitrogens with zero attached hydrogens (tertiary/aromatic N) is 3. The van der Waals surface area contributed by atoms with Crippen molar-refractivity contribution in [2.75, 3.05) is 18.2 Å². The van der Waals surface area contributed by atoms with Crippen molar-refractivity contribution in [1.29, 1.82) is 0 Å². The van der Waals surface area contributed by atoms with Gasteiger partial charge in [-0.2, -0.15) is 0 Å². The maximum atomic E-state index is 13.8. The standard InChI is InChI=1S/C22H24F2N4O3S/c1-13(2)28-21(14(3)31-17-7-5-6-16(11-17)30-4)26-27-22(28)32-12-20(29)25-19-9-8-15(23)10-18(19)24/h5-11,13-14H,12H2,1-4H3,(H,25,29). The van der Waals surface area contributed by atoms with Crippen molar-refractivity contribution in [3.8, 4) is 11.5 Å². The summed E-state index contributed by atoms with van der Waals surface area (Å²) in [7, 11) is 1.59. The van der Waals surface area contributed by atoms with Crippen LogP contribution in [0.1, 0.15) is 38.7 Å². The van der Waals surface area contributed by atoms with Gasteiger partial charge < -0.3 is 19.4 Å². The van der Waals surface area contributed by atoms with Crippen LogP contribution in [0.25, 0.3) is 0 Å². The van der Waals surface area contributed by atoms with Gasteiger partial charge in [0.05, 0.1) is 18.6 Å². The monoisotopic (exact) mass is 462 g/mol. The summed E-state index contributed by atoms with van der Waals surface area (Å²) >= 11 is 1.17. The molecule has 1 unspecified atom stereocenters. The molecule has 0 saturated heterocycles. The molecular weight excluding hydrogens is 438 g/mol. The van der Waals surface area contributed by atoms with E-state index in [0.717, 1.165) is 6.07 Å². The van der Waals surface area contributed by atoms with Crippen LogP contribution in [0.3, 0.4) is 0 Å². The molecule has 0 aliphatic rings. The van der Waals surface area contributed by atoms with Gasteiger partial charge in [-0.15, -0.1) is 10.2 Å². The van der Waals surface area contributed by atoms with Crippen molar-refractivity contribution in [3.63, 3.8) is 0 Å². The summed E-state index contributed by atoms with van der Waals surface area (Å²) in [5, 5.41) is 11.4. The number of benzene rings is 2. The second kappa shape index (κ2) is 10.4. The normalized spacial score (nSPS) is 12.0. The Kier molecular flexibility index (Phi) is 7.68. The zero-order valence-electron chi connectivity index (χ0n) is 18.1. The van der Waals surface area contributed by atoms with Crippen LogP contribution in [0, 0.1) is 11.6 Å². The van der Waals surface area contributed by atoms with E-state index in [-0.39, 0.29) is 17.5 Å². The number of halogens is 2. The maximum absolute atomic E-state index is 13.8. The van der Waals surface area contributed by atoms with E-state index in [2.05, 4.69) is 15.5 Å². The SMILES string of the molecule is COc1cccc(OC(C)c2nnc(SCC(=O)Nc3ccc(F)cc3F)n2C(C)C)c1. The molecule has 1 aromatic heterocycles. The number of carbonyl (C=O) groups excluding carboxylic acids is 1. The number of thioether (sulfide) groups is 1. The number of aromatic nitrogens is 3. The third kappa shape index (κ3) is 5.76. The molecule has 170 valence electrons. The number of nitrogens with one attached hydrogen (secondary N) is 1. The predicted molar refractivity (Wildman–Crippen MR) is 118 cm³/mol. The Morgan fingerprint density at radius 3 is 2.56 bits per heavy atom. The van der Waals surface area contributed by atoms with Crippen molar-refractivity contribution in [2.24, 2.45) is 0 Å². The molecule has 1 atom stereocenters. The van der Waals surface area contributed by atoms with Crippen LogP contribution < -0.4 is 14.8 Å². The zero-order valence-corrected chi connectivity index (χ0v) is 19.0. The highest BCUT2D eigenvalue weighted by molar-refractivity contribution is 7.99. The molecule has 0 radical (unpaired) electrons. The van der Waals surface area contributed by atoms with Gasteiger partial charge in [0, 0.05) is 18.2 Å². The molecule has 0 fully saturated rings. The Balaban J connectivity index is 1.69. The molecule has 0 bridgehead atoms. The molecule has 32 heavy (non-hydrogen) atoms. The number of amides is 1. The van der Waals surface area contributed by atoms with Crippen molar-refractivity contribution >= 4 is 23.4 Å². The molecule has 1 heterocycles. The average molecular weight is 463 g/mol. The quantitative estimate of drug-likeness (QED) is 0.450. The van der Waals surface area contributed by atoms with E-state index < -0.39 is 23.6 Å². The van der Waals surface area contributed by atoms with Gasteiger partial charge in [-0.05, 0) is 45.0 Å². The number of ether oxygens (including phenoxy) is 2. The number of anilines is 1. The lowest BCUT2D eigenvalue weighted by molar-refractivity contribution is -0.113. The van der Waals surface area contributed by atoms with Crippen LogP contribution in [0.4, 0.5) is 14.5 Å². The molecule has 2 aromatic carbocycles. The largest absolute Gasteiger partial charge is 0.497 e. The first-order valence-electron chi connectivity index (χ1n) is 9.91. The van der Waals surface area contributed by atoms with Gasteiger partial charge in [0.1, 0.15) is 23.1 Å². The molecule has 3 rings (SSSR count). The fourth-order valence-corrected chi connectivity index (χ4v) is 3.86. The fourth-order valence-electron chi connectivity index (χ4n) is 2.99. The van der Waals surface area contributed by atoms with E-state index in [9.17, 15) is 13.6 Å². The maximum Gasteiger partial charge on any atom is 0.234 e. The second-order valence-corrected chi connectivity index (χ2v) is 8.15. The molecule has 0 saturated carbocycles. The minimum Gasteiger partial charge on any atom is -0.497 e. The molecule has 0 aliphatic carbocycles. The van der Waals surface area contributed by atoms with Gasteiger partial charge >= 0.3 is 0 Å². The van der Waals surface area contributed by atoms with Crippen molar-refractivity contribution < 1.29 is 23.0 Å². The van der Waals surface area contributed by atoms with E-state index in [1.54, 1.807) is 13.2 Å². The minimum absolute atomic E-state index is 0.0106. The second-order valence-electron chi connectivity index (χ2n) is 7.20. The summed E-state index contributed by atoms with van der Waals surface area (Å²) in [4.78, 5) is 12.3. The van der Waals surface area contributed by atoms with Gasteiger partial charge in [-0.25, -0.2) is 8.78 Å². The van der Waals surface area contributed by atoms with E-state index >= 15 is 0 Å². The number of rotatable bonds is 9. The van der Waals surface area contributed by atoms with E-state index in [1.807, 2.05) is 43.5 Å². The lowest BCUT2D eigenvalue weighted by Crippen LogP contribution is -2.17. The minimum atomic E-state index is -0.834. The third-order valence-corrected chi connectivity index (χ3v) is 5.41. The van der Waals surface area contributed by atoms with Gasteiger partial charge in [-0.1, -0.05) is 17.8 Å². The smallest absolute Gasteiger partial charge is 0.234 e. The van der Waals surface area contributed by atoms with Crippen molar-refractivity contribution in [1.82, 2.24) is 14.8 Å². The van der Waals surface area contributed by atoms with Crippen molar-refractivity contribution in [2.45, 2.75) is 38.1 Å². The highest BCUT2D eigenvalue weighted by Crippen LogP contribution is 2.29. The Morgan fingerprint density at radius 1 is 1.12 bits per heavy atom. The topological polar surface area (TPSA) is 78.3 Å². The van der Waals surface area contributed by atoms with Crippen LogP contribution in [0.5, 0.6) is 11.5 Å². The summed E-state index contributed by atoms with van der Waals surface area (Å²) in [5.74, 6) is -0.0919. The van der Waals surface area contributed by atoms with Crippen LogP contribution in [0.15, 0.2) is 47.6 Å². The lowest BCUT2D eigenvalue weighted by atomic mass is 10.3. The summed E-state index contributed by atoms with van der Waals surface area (Å²) in [6, 6.07) is 10.2. The summed E-state index contributed by atoms with van der Waals surface area (Å²) in [6.45, 7) is 5.81. The van der Waals surface area contributed by atoms with Crippen molar-refractivity contribution in [3.05, 3.63) is 59.9 Å². The zero-order chi connectivity index (χ0) is 23.3. The highest BCUT2D eigenvalue weighted by Gasteiger charge is 2.22. The van der Waals surface area contributed by atoms with E-state index in [1.165, 1.54) is 17.8 Å². The number of hydrogen-bond donors (Lipinski definition) is 1. The molecule has 10 heteroatoms. The van der Waals surface area contributed by atoms with Crippen LogP contribution >= 0.6 is 11.8 Å². The molecular formula is C22H24F2N4O3S. The molecule has 0 spiro atoms. The lowest BCUT2D eigenvalue weighted by Gasteiger charge is -2.19. The van der Waals surface area contributed by atoms with Crippen LogP contribution in [-0.2, 0) is 4.79 Å². The van der Waals surface area contributed by atoms with Crippen LogP contribution in [0.2, 0.25) is 0 Å². The number of hydrogen-bond acceptors (Lipinski definition) is 6. The molecule has 0 aliphatic heterocycles. The Hall–Kier alpha value is -3.14. The summed E-state index contributed by atoms with van der Waals surface area (Å²) in [5.41, 5.74) is -0.0803. The predicted octanol–water partition coefficient (Wildman–Crippen LogP) is 5.02. The number of methoxy groups -OCH3 is 1. The average Bonchev–Trinajstić information content (AvgIpc) is 3.19. The van der Waals surface area contributed by atoms with Gasteiger partial charge in [0.15, 0.2) is 17.1 Å². The fraction of sp³-hybridized carbons (Fsp3) is 0.318. The summed E-state index contributed by atoms with van der Waals surface area (Å²) in [6.07, 6.45) is -0.409. The Bertz CT molecular complexity index is 1090. The third-order valence-electron chi connectivity index (χ3n) is 4.46. The molecule has 3 aromatic rings. The van der Waals surface area contributed by atoms with E-state index in [0.29, 0.717) is 28.5 Å². The first-order valence-corrected chi connectivity index (χ1v) is 10.9. The number of carbonyl (C=O) groups is 1. The summed E-state index contributed by atoms with van der Waals surface area (Å²) < 4.78 is 39.9. The highest BCUT2D eigenvalue weighted by atomic mass is 32.2. The van der Waals surface area contributed by atoms with Crippen LogP contribution in [-0.4, -0.2) is 33.5 Å². The van der Waals surface area contributed by atoms with Gasteiger partial charge in [0.2, 0.25) is 5.91 Å². The van der Waals surface area contributed by atoms with Gasteiger partial charge in [-0.3, -0.25) is 4.79 Å². The molecule has 7 nitrogen and oxygen atoms in total. The first kappa shape index (κ1) is 23.5. The Morgan fingerprint density at radius 2 is 1.88 bits per heavy atom. The molecule has 1 amide bonds. The first-order chi connectivity index (χ1) is 15.3. The molecule has 1 N–H and O–H groups in total.